The Kier molecular flexibility index (Phi) is 6.06. The van der Waals surface area contributed by atoms with Crippen molar-refractivity contribution in [3.05, 3.63) is 0 Å². The van der Waals surface area contributed by atoms with Crippen LogP contribution >= 0.6 is 0 Å². The van der Waals surface area contributed by atoms with E-state index in [1.807, 2.05) is 0 Å². The Morgan fingerprint density at radius 1 is 1.38 bits per heavy atom. The summed E-state index contributed by atoms with van der Waals surface area (Å²) in [5.74, 6) is 1.42. The summed E-state index contributed by atoms with van der Waals surface area (Å²) in [6.07, 6.45) is 5.73. The standard InChI is InChI=1S/C17H32N2O2/c1-5-7-14-17(20)19(16(18-14)10-12(3)4)11-13-8-9-21-15(13)6-2/h12-16,18H,5-11H2,1-4H3. The molecule has 0 bridgehead atoms. The molecule has 0 aromatic rings. The SMILES string of the molecule is CCCC1NC(CC(C)C)N(CC2CCOC2CC)C1=O. The third kappa shape index (κ3) is 3.98. The smallest absolute Gasteiger partial charge is 0.241 e. The summed E-state index contributed by atoms with van der Waals surface area (Å²) in [7, 11) is 0. The van der Waals surface area contributed by atoms with Crippen molar-refractivity contribution in [1.29, 1.82) is 0 Å². The van der Waals surface area contributed by atoms with Gasteiger partial charge >= 0.3 is 0 Å². The highest BCUT2D eigenvalue weighted by Crippen LogP contribution is 2.28. The highest BCUT2D eigenvalue weighted by molar-refractivity contribution is 5.84. The van der Waals surface area contributed by atoms with Crippen LogP contribution in [0.25, 0.3) is 0 Å². The van der Waals surface area contributed by atoms with Crippen molar-refractivity contribution in [2.24, 2.45) is 11.8 Å². The van der Waals surface area contributed by atoms with Gasteiger partial charge in [-0.2, -0.15) is 0 Å². The van der Waals surface area contributed by atoms with E-state index < -0.39 is 0 Å². The second-order valence-corrected chi connectivity index (χ2v) is 7.01. The van der Waals surface area contributed by atoms with Crippen LogP contribution in [0.3, 0.4) is 0 Å². The molecule has 2 rings (SSSR count). The largest absolute Gasteiger partial charge is 0.378 e. The fraction of sp³-hybridized carbons (Fsp3) is 0.941. The summed E-state index contributed by atoms with van der Waals surface area (Å²) in [5, 5.41) is 3.57. The second kappa shape index (κ2) is 7.59. The molecule has 4 nitrogen and oxygen atoms in total. The molecule has 0 radical (unpaired) electrons. The molecule has 2 saturated heterocycles. The first kappa shape index (κ1) is 16.8. The average molecular weight is 296 g/mol. The Hall–Kier alpha value is -0.610. The third-order valence-corrected chi connectivity index (χ3v) is 4.80. The predicted octanol–water partition coefficient (Wildman–Crippen LogP) is 2.77. The van der Waals surface area contributed by atoms with E-state index >= 15 is 0 Å². The van der Waals surface area contributed by atoms with Crippen molar-refractivity contribution in [1.82, 2.24) is 10.2 Å². The van der Waals surface area contributed by atoms with Crippen LogP contribution in [0.1, 0.15) is 59.8 Å². The van der Waals surface area contributed by atoms with Gasteiger partial charge in [0.2, 0.25) is 5.91 Å². The maximum Gasteiger partial charge on any atom is 0.241 e. The van der Waals surface area contributed by atoms with E-state index in [0.29, 0.717) is 23.8 Å². The molecule has 0 aromatic heterocycles. The van der Waals surface area contributed by atoms with Gasteiger partial charge < -0.3 is 9.64 Å². The molecule has 1 N–H and O–H groups in total. The van der Waals surface area contributed by atoms with Crippen molar-refractivity contribution in [2.75, 3.05) is 13.2 Å². The Bertz CT molecular complexity index is 346. The van der Waals surface area contributed by atoms with Crippen LogP contribution in [0, 0.1) is 11.8 Å². The summed E-state index contributed by atoms with van der Waals surface area (Å²) in [6, 6.07) is 0.0288. The Morgan fingerprint density at radius 2 is 2.14 bits per heavy atom. The zero-order valence-electron chi connectivity index (χ0n) is 14.1. The lowest BCUT2D eigenvalue weighted by Gasteiger charge is -2.29. The number of hydrogen-bond acceptors (Lipinski definition) is 3. The van der Waals surface area contributed by atoms with Gasteiger partial charge in [0, 0.05) is 19.1 Å². The Balaban J connectivity index is 2.03. The normalized spacial score (nSPS) is 33.4. The zero-order valence-corrected chi connectivity index (χ0v) is 14.1. The summed E-state index contributed by atoms with van der Waals surface area (Å²) >= 11 is 0. The number of nitrogens with zero attached hydrogens (tertiary/aromatic N) is 1. The van der Waals surface area contributed by atoms with Crippen molar-refractivity contribution in [3.8, 4) is 0 Å². The van der Waals surface area contributed by atoms with Gasteiger partial charge in [0.05, 0.1) is 18.3 Å². The molecule has 4 atom stereocenters. The molecule has 1 amide bonds. The number of carbonyl (C=O) groups is 1. The summed E-state index contributed by atoms with van der Waals surface area (Å²) in [6.45, 7) is 10.5. The zero-order chi connectivity index (χ0) is 15.4. The molecule has 2 fully saturated rings. The van der Waals surface area contributed by atoms with E-state index in [-0.39, 0.29) is 12.2 Å². The molecule has 0 aromatic carbocycles. The van der Waals surface area contributed by atoms with Gasteiger partial charge in [-0.1, -0.05) is 34.1 Å². The number of amides is 1. The molecule has 4 unspecified atom stereocenters. The van der Waals surface area contributed by atoms with Gasteiger partial charge in [-0.15, -0.1) is 0 Å². The Morgan fingerprint density at radius 3 is 2.76 bits per heavy atom. The topological polar surface area (TPSA) is 41.6 Å². The third-order valence-electron chi connectivity index (χ3n) is 4.80. The minimum absolute atomic E-state index is 0.0288. The minimum Gasteiger partial charge on any atom is -0.378 e. The van der Waals surface area contributed by atoms with Gasteiger partial charge in [0.1, 0.15) is 0 Å². The average Bonchev–Trinajstić information content (AvgIpc) is 2.99. The molecule has 0 spiro atoms. The summed E-state index contributed by atoms with van der Waals surface area (Å²) in [5.41, 5.74) is 0. The van der Waals surface area contributed by atoms with Crippen LogP contribution in [0.4, 0.5) is 0 Å². The first-order chi connectivity index (χ1) is 10.1. The van der Waals surface area contributed by atoms with Crippen molar-refractivity contribution in [2.45, 2.75) is 78.1 Å². The molecule has 0 aliphatic carbocycles. The molecule has 0 saturated carbocycles. The summed E-state index contributed by atoms with van der Waals surface area (Å²) < 4.78 is 5.79. The molecular weight excluding hydrogens is 264 g/mol. The van der Waals surface area contributed by atoms with Crippen LogP contribution in [-0.2, 0) is 9.53 Å². The van der Waals surface area contributed by atoms with Crippen LogP contribution in [0.15, 0.2) is 0 Å². The molecule has 2 aliphatic rings. The molecule has 2 aliphatic heterocycles. The molecule has 4 heteroatoms. The van der Waals surface area contributed by atoms with Crippen molar-refractivity contribution >= 4 is 5.91 Å². The van der Waals surface area contributed by atoms with E-state index in [1.165, 1.54) is 0 Å². The van der Waals surface area contributed by atoms with Crippen molar-refractivity contribution < 1.29 is 9.53 Å². The van der Waals surface area contributed by atoms with Crippen molar-refractivity contribution in [3.63, 3.8) is 0 Å². The van der Waals surface area contributed by atoms with Gasteiger partial charge in [-0.05, 0) is 31.6 Å². The van der Waals surface area contributed by atoms with E-state index in [0.717, 1.165) is 45.3 Å². The van der Waals surface area contributed by atoms with Crippen LogP contribution in [0.5, 0.6) is 0 Å². The quantitative estimate of drug-likeness (QED) is 0.785. The van der Waals surface area contributed by atoms with Gasteiger partial charge in [-0.25, -0.2) is 0 Å². The van der Waals surface area contributed by atoms with Crippen LogP contribution < -0.4 is 5.32 Å². The van der Waals surface area contributed by atoms with Crippen LogP contribution in [0.2, 0.25) is 0 Å². The number of hydrogen-bond donors (Lipinski definition) is 1. The van der Waals surface area contributed by atoms with Gasteiger partial charge in [-0.3, -0.25) is 10.1 Å². The van der Waals surface area contributed by atoms with E-state index in [9.17, 15) is 4.79 Å². The predicted molar refractivity (Wildman–Crippen MR) is 84.9 cm³/mol. The second-order valence-electron chi connectivity index (χ2n) is 7.01. The van der Waals surface area contributed by atoms with E-state index in [4.69, 9.17) is 4.74 Å². The first-order valence-corrected chi connectivity index (χ1v) is 8.74. The molecule has 2 heterocycles. The number of ether oxygens (including phenoxy) is 1. The Labute approximate surface area is 129 Å². The summed E-state index contributed by atoms with van der Waals surface area (Å²) in [4.78, 5) is 14.8. The van der Waals surface area contributed by atoms with Gasteiger partial charge in [0.25, 0.3) is 0 Å². The van der Waals surface area contributed by atoms with E-state index in [1.54, 1.807) is 0 Å². The number of carbonyl (C=O) groups excluding carboxylic acids is 1. The first-order valence-electron chi connectivity index (χ1n) is 8.74. The molecular formula is C17H32N2O2. The molecule has 21 heavy (non-hydrogen) atoms. The maximum absolute atomic E-state index is 12.7. The highest BCUT2D eigenvalue weighted by atomic mass is 16.5. The fourth-order valence-corrected chi connectivity index (χ4v) is 3.71. The maximum atomic E-state index is 12.7. The van der Waals surface area contributed by atoms with E-state index in [2.05, 4.69) is 37.9 Å². The lowest BCUT2D eigenvalue weighted by molar-refractivity contribution is -0.131. The molecule has 122 valence electrons. The minimum atomic E-state index is 0.0288. The van der Waals surface area contributed by atoms with Crippen LogP contribution in [-0.4, -0.2) is 42.3 Å². The monoisotopic (exact) mass is 296 g/mol. The fourth-order valence-electron chi connectivity index (χ4n) is 3.71. The number of nitrogens with one attached hydrogen (secondary N) is 1. The lowest BCUT2D eigenvalue weighted by atomic mass is 9.98. The lowest BCUT2D eigenvalue weighted by Crippen LogP contribution is -2.42. The highest BCUT2D eigenvalue weighted by Gasteiger charge is 2.41. The number of rotatable bonds is 7. The van der Waals surface area contributed by atoms with Gasteiger partial charge in [0.15, 0.2) is 0 Å².